The number of aromatic nitrogens is 3. The zero-order valence-electron chi connectivity index (χ0n) is 15.2. The summed E-state index contributed by atoms with van der Waals surface area (Å²) in [7, 11) is -0.423. The lowest BCUT2D eigenvalue weighted by molar-refractivity contribution is 0.407. The van der Waals surface area contributed by atoms with Crippen LogP contribution in [-0.4, -0.2) is 43.3 Å². The number of benzene rings is 1. The number of nitrogens with zero attached hydrogens (tertiary/aromatic N) is 2. The fourth-order valence-corrected chi connectivity index (χ4v) is 4.05. The molecule has 138 valence electrons. The number of aryl methyl sites for hydroxylation is 2. The molecule has 0 aliphatic heterocycles. The number of hydrogen-bond acceptors (Lipinski definition) is 6. The van der Waals surface area contributed by atoms with Crippen molar-refractivity contribution in [1.82, 2.24) is 15.0 Å². The number of rotatable bonds is 6. The minimum Gasteiger partial charge on any atom is -0.497 e. The molecular formula is C18H21N3O4S. The highest BCUT2D eigenvalue weighted by atomic mass is 32.2. The van der Waals surface area contributed by atoms with Gasteiger partial charge in [0.15, 0.2) is 0 Å². The normalized spacial score (nSPS) is 11.7. The smallest absolute Gasteiger partial charge is 0.226 e. The van der Waals surface area contributed by atoms with Crippen LogP contribution in [0.25, 0.3) is 11.0 Å². The van der Waals surface area contributed by atoms with Crippen molar-refractivity contribution in [3.05, 3.63) is 41.2 Å². The molecule has 0 spiro atoms. The van der Waals surface area contributed by atoms with Gasteiger partial charge in [-0.15, -0.1) is 0 Å². The minimum absolute atomic E-state index is 0.0440. The molecule has 0 unspecified atom stereocenters. The Labute approximate surface area is 152 Å². The van der Waals surface area contributed by atoms with Gasteiger partial charge in [-0.25, -0.2) is 13.4 Å². The SMILES string of the molecule is COc1ccc2nc(S(=O)(=O)CCc3ncc(C)c(OC)c3C)[nH]c2c1. The average molecular weight is 375 g/mol. The Bertz CT molecular complexity index is 1060. The van der Waals surface area contributed by atoms with E-state index in [0.717, 1.165) is 16.9 Å². The summed E-state index contributed by atoms with van der Waals surface area (Å²) in [6.45, 7) is 3.79. The van der Waals surface area contributed by atoms with Crippen LogP contribution in [0.15, 0.2) is 29.6 Å². The van der Waals surface area contributed by atoms with E-state index < -0.39 is 9.84 Å². The predicted molar refractivity (Wildman–Crippen MR) is 98.7 cm³/mol. The molecule has 2 aromatic heterocycles. The molecule has 2 heterocycles. The third-order valence-electron chi connectivity index (χ3n) is 4.32. The molecule has 0 bridgehead atoms. The number of nitrogens with one attached hydrogen (secondary N) is 1. The molecule has 1 aromatic carbocycles. The second kappa shape index (κ2) is 6.95. The summed E-state index contributed by atoms with van der Waals surface area (Å²) in [5.41, 5.74) is 3.68. The lowest BCUT2D eigenvalue weighted by Gasteiger charge is -2.12. The highest BCUT2D eigenvalue weighted by Crippen LogP contribution is 2.25. The first kappa shape index (κ1) is 18.2. The summed E-state index contributed by atoms with van der Waals surface area (Å²) in [6.07, 6.45) is 1.98. The minimum atomic E-state index is -3.57. The van der Waals surface area contributed by atoms with Crippen molar-refractivity contribution in [3.8, 4) is 11.5 Å². The van der Waals surface area contributed by atoms with Crippen LogP contribution in [-0.2, 0) is 16.3 Å². The van der Waals surface area contributed by atoms with Crippen LogP contribution in [0.2, 0.25) is 0 Å². The number of ether oxygens (including phenoxy) is 2. The van der Waals surface area contributed by atoms with Crippen molar-refractivity contribution in [2.75, 3.05) is 20.0 Å². The highest BCUT2D eigenvalue weighted by molar-refractivity contribution is 7.91. The topological polar surface area (TPSA) is 94.2 Å². The molecule has 0 atom stereocenters. The maximum Gasteiger partial charge on any atom is 0.226 e. The summed E-state index contributed by atoms with van der Waals surface area (Å²) < 4.78 is 35.9. The second-order valence-electron chi connectivity index (χ2n) is 6.04. The molecule has 3 rings (SSSR count). The molecule has 26 heavy (non-hydrogen) atoms. The van der Waals surface area contributed by atoms with Crippen LogP contribution in [0.5, 0.6) is 11.5 Å². The molecule has 8 heteroatoms. The summed E-state index contributed by atoms with van der Waals surface area (Å²) in [5, 5.41) is -0.0440. The number of H-pyrrole nitrogens is 1. The first-order chi connectivity index (χ1) is 12.4. The van der Waals surface area contributed by atoms with Gasteiger partial charge in [0.25, 0.3) is 0 Å². The monoisotopic (exact) mass is 375 g/mol. The van der Waals surface area contributed by atoms with E-state index in [4.69, 9.17) is 9.47 Å². The number of pyridine rings is 1. The van der Waals surface area contributed by atoms with Gasteiger partial charge in [-0.3, -0.25) is 4.98 Å². The number of fused-ring (bicyclic) bond motifs is 1. The van der Waals surface area contributed by atoms with E-state index in [9.17, 15) is 8.42 Å². The molecule has 7 nitrogen and oxygen atoms in total. The third-order valence-corrected chi connectivity index (χ3v) is 5.84. The van der Waals surface area contributed by atoms with Gasteiger partial charge in [-0.05, 0) is 26.0 Å². The van der Waals surface area contributed by atoms with E-state index in [0.29, 0.717) is 22.5 Å². The van der Waals surface area contributed by atoms with E-state index in [2.05, 4.69) is 15.0 Å². The standard InChI is InChI=1S/C18H21N3O4S/c1-11-10-19-14(12(2)17(11)25-4)7-8-26(22,23)18-20-15-6-5-13(24-3)9-16(15)21-18/h5-6,9-10H,7-8H2,1-4H3,(H,20,21). The summed E-state index contributed by atoms with van der Waals surface area (Å²) >= 11 is 0. The first-order valence-electron chi connectivity index (χ1n) is 8.11. The van der Waals surface area contributed by atoms with Gasteiger partial charge in [0.2, 0.25) is 15.0 Å². The van der Waals surface area contributed by atoms with E-state index in [1.807, 2.05) is 13.8 Å². The van der Waals surface area contributed by atoms with E-state index >= 15 is 0 Å². The molecule has 0 aliphatic rings. The highest BCUT2D eigenvalue weighted by Gasteiger charge is 2.21. The predicted octanol–water partition coefficient (Wildman–Crippen LogP) is 2.61. The third kappa shape index (κ3) is 3.37. The molecule has 0 saturated carbocycles. The molecule has 0 amide bonds. The van der Waals surface area contributed by atoms with Gasteiger partial charge >= 0.3 is 0 Å². The van der Waals surface area contributed by atoms with Gasteiger partial charge < -0.3 is 14.5 Å². The number of sulfone groups is 1. The first-order valence-corrected chi connectivity index (χ1v) is 9.76. The maximum absolute atomic E-state index is 12.7. The van der Waals surface area contributed by atoms with Crippen molar-refractivity contribution < 1.29 is 17.9 Å². The summed E-state index contributed by atoms with van der Waals surface area (Å²) in [5.74, 6) is 1.28. The number of methoxy groups -OCH3 is 2. The Hall–Kier alpha value is -2.61. The number of aromatic amines is 1. The van der Waals surface area contributed by atoms with Crippen LogP contribution in [0.4, 0.5) is 0 Å². The van der Waals surface area contributed by atoms with Crippen LogP contribution in [0.3, 0.4) is 0 Å². The van der Waals surface area contributed by atoms with Crippen LogP contribution in [0.1, 0.15) is 16.8 Å². The van der Waals surface area contributed by atoms with E-state index in [1.165, 1.54) is 0 Å². The number of imidazole rings is 1. The van der Waals surface area contributed by atoms with E-state index in [-0.39, 0.29) is 17.3 Å². The molecule has 3 aromatic rings. The van der Waals surface area contributed by atoms with Crippen molar-refractivity contribution in [2.45, 2.75) is 25.4 Å². The van der Waals surface area contributed by atoms with Crippen LogP contribution >= 0.6 is 0 Å². The fourth-order valence-electron chi connectivity index (χ4n) is 2.89. The molecule has 0 radical (unpaired) electrons. The van der Waals surface area contributed by atoms with Crippen molar-refractivity contribution in [2.24, 2.45) is 0 Å². The average Bonchev–Trinajstić information content (AvgIpc) is 3.05. The Balaban J connectivity index is 1.86. The Morgan fingerprint density at radius 2 is 1.92 bits per heavy atom. The largest absolute Gasteiger partial charge is 0.497 e. The zero-order chi connectivity index (χ0) is 18.9. The van der Waals surface area contributed by atoms with Crippen molar-refractivity contribution >= 4 is 20.9 Å². The Kier molecular flexibility index (Phi) is 4.86. The van der Waals surface area contributed by atoms with Crippen molar-refractivity contribution in [3.63, 3.8) is 0 Å². The summed E-state index contributed by atoms with van der Waals surface area (Å²) in [4.78, 5) is 11.4. The number of hydrogen-bond donors (Lipinski definition) is 1. The zero-order valence-corrected chi connectivity index (χ0v) is 16.0. The summed E-state index contributed by atoms with van der Waals surface area (Å²) in [6, 6.07) is 5.18. The molecule has 0 saturated heterocycles. The second-order valence-corrected chi connectivity index (χ2v) is 8.06. The molecule has 0 aliphatic carbocycles. The Morgan fingerprint density at radius 3 is 2.62 bits per heavy atom. The van der Waals surface area contributed by atoms with Gasteiger partial charge in [0, 0.05) is 35.5 Å². The van der Waals surface area contributed by atoms with Crippen molar-refractivity contribution in [1.29, 1.82) is 0 Å². The quantitative estimate of drug-likeness (QED) is 0.712. The van der Waals surface area contributed by atoms with Gasteiger partial charge in [0.05, 0.1) is 31.0 Å². The Morgan fingerprint density at radius 1 is 1.15 bits per heavy atom. The lowest BCUT2D eigenvalue weighted by atomic mass is 10.1. The molecule has 1 N–H and O–H groups in total. The van der Waals surface area contributed by atoms with Crippen LogP contribution < -0.4 is 9.47 Å². The lowest BCUT2D eigenvalue weighted by Crippen LogP contribution is -2.13. The molecular weight excluding hydrogens is 354 g/mol. The van der Waals surface area contributed by atoms with Gasteiger partial charge in [-0.1, -0.05) is 0 Å². The van der Waals surface area contributed by atoms with E-state index in [1.54, 1.807) is 38.6 Å². The van der Waals surface area contributed by atoms with Gasteiger partial charge in [0.1, 0.15) is 11.5 Å². The maximum atomic E-state index is 12.7. The van der Waals surface area contributed by atoms with Crippen LogP contribution in [0, 0.1) is 13.8 Å². The van der Waals surface area contributed by atoms with Gasteiger partial charge in [-0.2, -0.15) is 0 Å². The molecule has 0 fully saturated rings. The fraction of sp³-hybridized carbons (Fsp3) is 0.333.